The second kappa shape index (κ2) is 3.38. The normalized spacial score (nSPS) is 11.1. The van der Waals surface area contributed by atoms with E-state index in [-0.39, 0.29) is 0 Å². The average molecular weight is 188 g/mol. The first-order valence-electron chi connectivity index (χ1n) is 4.15. The molecule has 1 heterocycles. The second-order valence-electron chi connectivity index (χ2n) is 2.86. The Morgan fingerprint density at radius 3 is 2.86 bits per heavy atom. The Morgan fingerprint density at radius 2 is 2.14 bits per heavy atom. The van der Waals surface area contributed by atoms with Crippen molar-refractivity contribution >= 4 is 23.0 Å². The van der Waals surface area contributed by atoms with Gasteiger partial charge in [-0.05, 0) is 18.2 Å². The minimum atomic E-state index is -0.981. The number of aliphatic carboxylic acids is 1. The van der Waals surface area contributed by atoms with E-state index in [1.807, 2.05) is 24.3 Å². The summed E-state index contributed by atoms with van der Waals surface area (Å²) >= 11 is 0. The first kappa shape index (κ1) is 8.56. The Balaban J connectivity index is 2.40. The van der Waals surface area contributed by atoms with Crippen molar-refractivity contribution in [1.82, 2.24) is 0 Å². The van der Waals surface area contributed by atoms with Gasteiger partial charge >= 0.3 is 5.97 Å². The van der Waals surface area contributed by atoms with Gasteiger partial charge < -0.3 is 9.52 Å². The summed E-state index contributed by atoms with van der Waals surface area (Å²) in [6.07, 6.45) is 2.49. The smallest absolute Gasteiger partial charge is 0.328 e. The number of rotatable bonds is 2. The number of hydrogen-bond acceptors (Lipinski definition) is 2. The van der Waals surface area contributed by atoms with E-state index in [1.165, 1.54) is 6.08 Å². The molecule has 0 saturated carbocycles. The van der Waals surface area contributed by atoms with E-state index in [1.54, 1.807) is 6.07 Å². The lowest BCUT2D eigenvalue weighted by atomic mass is 10.2. The summed E-state index contributed by atoms with van der Waals surface area (Å²) in [5.74, 6) is -0.431. The van der Waals surface area contributed by atoms with Crippen LogP contribution >= 0.6 is 0 Å². The Kier molecular flexibility index (Phi) is 2.07. The summed E-state index contributed by atoms with van der Waals surface area (Å²) in [5.41, 5.74) is 0.762. The minimum absolute atomic E-state index is 0.550. The van der Waals surface area contributed by atoms with Gasteiger partial charge in [0.05, 0.1) is 0 Å². The summed E-state index contributed by atoms with van der Waals surface area (Å²) in [6, 6.07) is 9.33. The molecule has 14 heavy (non-hydrogen) atoms. The Bertz CT molecular complexity index is 461. The number of carbonyl (C=O) groups is 1. The van der Waals surface area contributed by atoms with Crippen LogP contribution in [0, 0.1) is 0 Å². The van der Waals surface area contributed by atoms with E-state index < -0.39 is 5.97 Å². The highest BCUT2D eigenvalue weighted by molar-refractivity contribution is 5.86. The molecule has 3 heteroatoms. The van der Waals surface area contributed by atoms with Crippen LogP contribution < -0.4 is 0 Å². The number of carboxylic acid groups (broad SMARTS) is 1. The van der Waals surface area contributed by atoms with Crippen LogP contribution in [0.25, 0.3) is 17.0 Å². The monoisotopic (exact) mass is 188 g/mol. The fourth-order valence-corrected chi connectivity index (χ4v) is 1.24. The summed E-state index contributed by atoms with van der Waals surface area (Å²) in [6.45, 7) is 0. The van der Waals surface area contributed by atoms with Crippen LogP contribution in [0.5, 0.6) is 0 Å². The van der Waals surface area contributed by atoms with Crippen molar-refractivity contribution in [3.8, 4) is 0 Å². The maximum absolute atomic E-state index is 10.3. The van der Waals surface area contributed by atoms with Crippen LogP contribution in [0.3, 0.4) is 0 Å². The molecule has 2 aromatic rings. The first-order valence-corrected chi connectivity index (χ1v) is 4.15. The lowest BCUT2D eigenvalue weighted by molar-refractivity contribution is -0.131. The molecule has 70 valence electrons. The van der Waals surface area contributed by atoms with Crippen LogP contribution in [0.1, 0.15) is 5.76 Å². The molecule has 0 saturated heterocycles. The fourth-order valence-electron chi connectivity index (χ4n) is 1.24. The topological polar surface area (TPSA) is 50.4 Å². The number of fused-ring (bicyclic) bond motifs is 1. The minimum Gasteiger partial charge on any atom is -0.478 e. The number of benzene rings is 1. The van der Waals surface area contributed by atoms with Crippen LogP contribution in [0.4, 0.5) is 0 Å². The zero-order valence-corrected chi connectivity index (χ0v) is 7.31. The van der Waals surface area contributed by atoms with E-state index in [9.17, 15) is 4.79 Å². The lowest BCUT2D eigenvalue weighted by Gasteiger charge is -1.83. The standard InChI is InChI=1S/C11H8O3/c12-11(13)6-5-9-7-8-3-1-2-4-10(8)14-9/h1-7H,(H,12,13)/b6-5+. The van der Waals surface area contributed by atoms with Crippen LogP contribution in [-0.4, -0.2) is 11.1 Å². The van der Waals surface area contributed by atoms with Gasteiger partial charge in [0.2, 0.25) is 0 Å². The summed E-state index contributed by atoms with van der Waals surface area (Å²) in [7, 11) is 0. The highest BCUT2D eigenvalue weighted by Gasteiger charge is 1.99. The van der Waals surface area contributed by atoms with Crippen molar-refractivity contribution in [1.29, 1.82) is 0 Å². The highest BCUT2D eigenvalue weighted by Crippen LogP contribution is 2.19. The van der Waals surface area contributed by atoms with E-state index >= 15 is 0 Å². The molecule has 0 spiro atoms. The van der Waals surface area contributed by atoms with E-state index in [0.29, 0.717) is 5.76 Å². The SMILES string of the molecule is O=C(O)/C=C/c1cc2ccccc2o1. The molecule has 3 nitrogen and oxygen atoms in total. The molecule has 0 fully saturated rings. The first-order chi connectivity index (χ1) is 6.75. The van der Waals surface area contributed by atoms with Crippen molar-refractivity contribution in [3.05, 3.63) is 42.2 Å². The average Bonchev–Trinajstić information content (AvgIpc) is 2.57. The van der Waals surface area contributed by atoms with Crippen molar-refractivity contribution in [2.45, 2.75) is 0 Å². The number of carboxylic acids is 1. The molecule has 0 aliphatic heterocycles. The predicted molar refractivity (Wildman–Crippen MR) is 52.9 cm³/mol. The largest absolute Gasteiger partial charge is 0.478 e. The van der Waals surface area contributed by atoms with Gasteiger partial charge in [-0.2, -0.15) is 0 Å². The third-order valence-electron chi connectivity index (χ3n) is 1.83. The second-order valence-corrected chi connectivity index (χ2v) is 2.86. The van der Waals surface area contributed by atoms with Crippen molar-refractivity contribution in [2.24, 2.45) is 0 Å². The van der Waals surface area contributed by atoms with Gasteiger partial charge in [0.25, 0.3) is 0 Å². The summed E-state index contributed by atoms with van der Waals surface area (Å²) < 4.78 is 5.37. The molecule has 0 atom stereocenters. The van der Waals surface area contributed by atoms with Gasteiger partial charge in [-0.25, -0.2) is 4.79 Å². The molecule has 0 unspecified atom stereocenters. The quantitative estimate of drug-likeness (QED) is 0.736. The summed E-state index contributed by atoms with van der Waals surface area (Å²) in [4.78, 5) is 10.3. The molecule has 0 radical (unpaired) electrons. The molecular formula is C11H8O3. The predicted octanol–water partition coefficient (Wildman–Crippen LogP) is 2.53. The molecule has 0 amide bonds. The van der Waals surface area contributed by atoms with E-state index in [4.69, 9.17) is 9.52 Å². The van der Waals surface area contributed by atoms with Gasteiger partial charge in [0.15, 0.2) is 0 Å². The number of furan rings is 1. The van der Waals surface area contributed by atoms with Gasteiger partial charge in [0.1, 0.15) is 11.3 Å². The highest BCUT2D eigenvalue weighted by atomic mass is 16.4. The Morgan fingerprint density at radius 1 is 1.36 bits per heavy atom. The Labute approximate surface area is 80.3 Å². The molecule has 0 aliphatic carbocycles. The maximum Gasteiger partial charge on any atom is 0.328 e. The van der Waals surface area contributed by atoms with Crippen LogP contribution in [0.15, 0.2) is 40.8 Å². The Hall–Kier alpha value is -2.03. The molecule has 1 N–H and O–H groups in total. The van der Waals surface area contributed by atoms with Gasteiger partial charge in [-0.3, -0.25) is 0 Å². The van der Waals surface area contributed by atoms with Crippen molar-refractivity contribution in [3.63, 3.8) is 0 Å². The molecule has 1 aromatic carbocycles. The van der Waals surface area contributed by atoms with Crippen molar-refractivity contribution in [2.75, 3.05) is 0 Å². The van der Waals surface area contributed by atoms with Crippen LogP contribution in [-0.2, 0) is 4.79 Å². The van der Waals surface area contributed by atoms with Gasteiger partial charge in [-0.1, -0.05) is 18.2 Å². The number of hydrogen-bond donors (Lipinski definition) is 1. The van der Waals surface area contributed by atoms with Crippen molar-refractivity contribution < 1.29 is 14.3 Å². The molecule has 0 bridgehead atoms. The zero-order valence-electron chi connectivity index (χ0n) is 7.31. The molecule has 0 aliphatic rings. The molecular weight excluding hydrogens is 180 g/mol. The fraction of sp³-hybridized carbons (Fsp3) is 0. The molecule has 2 rings (SSSR count). The van der Waals surface area contributed by atoms with E-state index in [0.717, 1.165) is 17.0 Å². The van der Waals surface area contributed by atoms with Crippen LogP contribution in [0.2, 0.25) is 0 Å². The number of para-hydroxylation sites is 1. The zero-order chi connectivity index (χ0) is 9.97. The third kappa shape index (κ3) is 1.66. The molecule has 1 aromatic heterocycles. The summed E-state index contributed by atoms with van der Waals surface area (Å²) in [5, 5.41) is 9.39. The third-order valence-corrected chi connectivity index (χ3v) is 1.83. The van der Waals surface area contributed by atoms with Gasteiger partial charge in [0, 0.05) is 11.5 Å². The van der Waals surface area contributed by atoms with Gasteiger partial charge in [-0.15, -0.1) is 0 Å². The van der Waals surface area contributed by atoms with E-state index in [2.05, 4.69) is 0 Å². The maximum atomic E-state index is 10.3. The lowest BCUT2D eigenvalue weighted by Crippen LogP contribution is -1.84.